The van der Waals surface area contributed by atoms with Crippen LogP contribution in [0, 0.1) is 3.57 Å². The number of methoxy groups -OCH3 is 2. The number of hydrogen-bond donors (Lipinski definition) is 3. The molecule has 0 spiro atoms. The number of halogens is 2. The summed E-state index contributed by atoms with van der Waals surface area (Å²) in [6.07, 6.45) is 1.49. The van der Waals surface area contributed by atoms with Crippen molar-refractivity contribution in [3.63, 3.8) is 0 Å². The molecule has 0 saturated heterocycles. The van der Waals surface area contributed by atoms with Gasteiger partial charge in [0.25, 0.3) is 5.91 Å². The average molecular weight is 807 g/mol. The Hall–Kier alpha value is -4.31. The summed E-state index contributed by atoms with van der Waals surface area (Å²) in [5.41, 5.74) is 5.34. The molecule has 0 fully saturated rings. The van der Waals surface area contributed by atoms with Crippen LogP contribution in [0.25, 0.3) is 0 Å². The minimum absolute atomic E-state index is 0.182. The molecule has 242 valence electrons. The number of carbonyl (C=O) groups excluding carboxylic acids is 3. The van der Waals surface area contributed by atoms with E-state index in [9.17, 15) is 14.4 Å². The van der Waals surface area contributed by atoms with Gasteiger partial charge in [0.05, 0.1) is 42.2 Å². The van der Waals surface area contributed by atoms with E-state index in [-0.39, 0.29) is 24.5 Å². The maximum absolute atomic E-state index is 12.6. The van der Waals surface area contributed by atoms with Crippen molar-refractivity contribution in [2.45, 2.75) is 26.5 Å². The molecule has 3 aromatic carbocycles. The number of amides is 3. The number of esters is 1. The van der Waals surface area contributed by atoms with Crippen molar-refractivity contribution < 1.29 is 38.1 Å². The van der Waals surface area contributed by atoms with Gasteiger partial charge in [-0.3, -0.25) is 4.79 Å². The second-order valence-corrected chi connectivity index (χ2v) is 11.8. The van der Waals surface area contributed by atoms with Crippen molar-refractivity contribution in [2.75, 3.05) is 27.4 Å². The molecule has 4 rings (SSSR count). The molecule has 46 heavy (non-hydrogen) atoms. The summed E-state index contributed by atoms with van der Waals surface area (Å²) in [7, 11) is 3.00. The van der Waals surface area contributed by atoms with Gasteiger partial charge in [-0.25, -0.2) is 15.0 Å². The molecule has 1 atom stereocenters. The van der Waals surface area contributed by atoms with Gasteiger partial charge in [0.2, 0.25) is 0 Å². The van der Waals surface area contributed by atoms with Crippen molar-refractivity contribution >= 4 is 62.6 Å². The highest BCUT2D eigenvalue weighted by Gasteiger charge is 2.32. The van der Waals surface area contributed by atoms with Crippen LogP contribution in [0.15, 0.2) is 75.4 Å². The van der Waals surface area contributed by atoms with Crippen molar-refractivity contribution in [1.29, 1.82) is 0 Å². The summed E-state index contributed by atoms with van der Waals surface area (Å²) in [6, 6.07) is 15.1. The zero-order valence-corrected chi connectivity index (χ0v) is 29.2. The van der Waals surface area contributed by atoms with Gasteiger partial charge in [0, 0.05) is 10.2 Å². The predicted octanol–water partition coefficient (Wildman–Crippen LogP) is 5.37. The Balaban J connectivity index is 1.37. The lowest BCUT2D eigenvalue weighted by atomic mass is 9.95. The Labute approximate surface area is 288 Å². The molecule has 0 aliphatic carbocycles. The molecule has 3 amide bonds. The first-order valence-electron chi connectivity index (χ1n) is 14.0. The van der Waals surface area contributed by atoms with Gasteiger partial charge in [-0.2, -0.15) is 5.10 Å². The van der Waals surface area contributed by atoms with Gasteiger partial charge in [0.15, 0.2) is 29.6 Å². The highest BCUT2D eigenvalue weighted by Crippen LogP contribution is 2.36. The summed E-state index contributed by atoms with van der Waals surface area (Å²) >= 11 is 5.62. The Bertz CT molecular complexity index is 1680. The van der Waals surface area contributed by atoms with E-state index in [1.807, 2.05) is 30.3 Å². The summed E-state index contributed by atoms with van der Waals surface area (Å²) in [4.78, 5) is 37.3. The zero-order valence-electron chi connectivity index (χ0n) is 25.4. The van der Waals surface area contributed by atoms with Crippen LogP contribution in [0.1, 0.15) is 36.6 Å². The Morgan fingerprint density at radius 1 is 1.04 bits per heavy atom. The van der Waals surface area contributed by atoms with E-state index in [0.29, 0.717) is 40.7 Å². The first kappa shape index (κ1) is 34.6. The fraction of sp³-hybridized carbons (Fsp3) is 0.250. The first-order chi connectivity index (χ1) is 22.1. The third-order valence-corrected chi connectivity index (χ3v) is 7.87. The average Bonchev–Trinajstić information content (AvgIpc) is 3.02. The molecule has 0 saturated carbocycles. The van der Waals surface area contributed by atoms with Crippen LogP contribution in [-0.2, 0) is 20.9 Å². The summed E-state index contributed by atoms with van der Waals surface area (Å²) < 4.78 is 29.7. The number of hydrogen-bond acceptors (Lipinski definition) is 9. The third kappa shape index (κ3) is 8.90. The van der Waals surface area contributed by atoms with E-state index < -0.39 is 23.9 Å². The number of allylic oxidation sites excluding steroid dienone is 1. The fourth-order valence-corrected chi connectivity index (χ4v) is 5.73. The second-order valence-electron chi connectivity index (χ2n) is 9.74. The quantitative estimate of drug-likeness (QED) is 0.0906. The lowest BCUT2D eigenvalue weighted by Gasteiger charge is -2.28. The minimum Gasteiger partial charge on any atom is -0.493 e. The maximum Gasteiger partial charge on any atom is 0.338 e. The minimum atomic E-state index is -0.776. The molecule has 3 N–H and O–H groups in total. The summed E-state index contributed by atoms with van der Waals surface area (Å²) in [5, 5.41) is 9.37. The van der Waals surface area contributed by atoms with Crippen molar-refractivity contribution in [2.24, 2.45) is 5.10 Å². The number of nitrogens with zero attached hydrogens (tertiary/aromatic N) is 1. The molecule has 0 aromatic heterocycles. The van der Waals surface area contributed by atoms with Crippen LogP contribution < -0.4 is 35.0 Å². The zero-order chi connectivity index (χ0) is 33.2. The number of hydrazone groups is 1. The molecule has 0 unspecified atom stereocenters. The maximum atomic E-state index is 12.6. The normalized spacial score (nSPS) is 14.3. The fourth-order valence-electron chi connectivity index (χ4n) is 4.50. The van der Waals surface area contributed by atoms with Crippen molar-refractivity contribution in [3.05, 3.63) is 90.6 Å². The van der Waals surface area contributed by atoms with Crippen LogP contribution in [0.3, 0.4) is 0 Å². The van der Waals surface area contributed by atoms with Crippen LogP contribution in [-0.4, -0.2) is 51.6 Å². The van der Waals surface area contributed by atoms with E-state index in [1.54, 1.807) is 45.2 Å². The smallest absolute Gasteiger partial charge is 0.338 e. The van der Waals surface area contributed by atoms with Crippen LogP contribution in [0.4, 0.5) is 4.79 Å². The van der Waals surface area contributed by atoms with Gasteiger partial charge in [-0.15, -0.1) is 0 Å². The van der Waals surface area contributed by atoms with E-state index in [0.717, 1.165) is 13.6 Å². The van der Waals surface area contributed by atoms with Gasteiger partial charge < -0.3 is 34.3 Å². The Kier molecular flexibility index (Phi) is 12.3. The number of carbonyl (C=O) groups is 3. The van der Waals surface area contributed by atoms with Crippen LogP contribution >= 0.6 is 38.5 Å². The lowest BCUT2D eigenvalue weighted by Crippen LogP contribution is -2.45. The summed E-state index contributed by atoms with van der Waals surface area (Å²) in [5.74, 6) is 0.643. The van der Waals surface area contributed by atoms with E-state index in [2.05, 4.69) is 59.7 Å². The van der Waals surface area contributed by atoms with Crippen molar-refractivity contribution in [1.82, 2.24) is 16.1 Å². The topological polar surface area (TPSA) is 146 Å². The van der Waals surface area contributed by atoms with Gasteiger partial charge in [0.1, 0.15) is 6.61 Å². The number of ether oxygens (including phenoxy) is 5. The van der Waals surface area contributed by atoms with Gasteiger partial charge >= 0.3 is 12.0 Å². The number of rotatable bonds is 13. The van der Waals surface area contributed by atoms with Crippen LogP contribution in [0.5, 0.6) is 23.0 Å². The lowest BCUT2D eigenvalue weighted by molar-refractivity contribution is -0.139. The first-order valence-corrected chi connectivity index (χ1v) is 15.8. The SMILES string of the molecule is CCOC(=O)C1=C(C)NC(=O)N[C@@H]1c1ccc(OCC(=O)N/N=C\c2cc(I)c(OCc3cccc(Br)c3)c(OC)c2)c(OC)c1. The van der Waals surface area contributed by atoms with Crippen LogP contribution in [0.2, 0.25) is 0 Å². The van der Waals surface area contributed by atoms with E-state index in [1.165, 1.54) is 13.3 Å². The molecule has 3 aromatic rings. The molecule has 1 aliphatic heterocycles. The molecule has 14 heteroatoms. The second kappa shape index (κ2) is 16.3. The Morgan fingerprint density at radius 2 is 1.83 bits per heavy atom. The van der Waals surface area contributed by atoms with E-state index >= 15 is 0 Å². The standard InChI is InChI=1S/C32H32BrIN4O8/c1-5-44-31(40)28-18(2)36-32(41)37-29(28)21-9-10-24(25(14-21)42-3)45-17-27(39)38-35-15-20-12-23(34)30(26(13-20)43-4)46-16-19-7-6-8-22(33)11-19/h6-15,29H,5,16-17H2,1-4H3,(H,38,39)(H2,36,37,41)/b35-15-/t29-/m1/s1. The number of benzene rings is 3. The summed E-state index contributed by atoms with van der Waals surface area (Å²) in [6.45, 7) is 3.52. The third-order valence-electron chi connectivity index (χ3n) is 6.57. The molecule has 0 radical (unpaired) electrons. The van der Waals surface area contributed by atoms with Gasteiger partial charge in [-0.1, -0.05) is 34.1 Å². The van der Waals surface area contributed by atoms with E-state index in [4.69, 9.17) is 23.7 Å². The predicted molar refractivity (Wildman–Crippen MR) is 182 cm³/mol. The number of urea groups is 1. The molecular formula is C32H32BrIN4O8. The van der Waals surface area contributed by atoms with Gasteiger partial charge in [-0.05, 0) is 89.5 Å². The highest BCUT2D eigenvalue weighted by molar-refractivity contribution is 14.1. The van der Waals surface area contributed by atoms with Crippen molar-refractivity contribution in [3.8, 4) is 23.0 Å². The largest absolute Gasteiger partial charge is 0.493 e. The molecule has 1 heterocycles. The Morgan fingerprint density at radius 3 is 2.54 bits per heavy atom. The molecule has 12 nitrogen and oxygen atoms in total. The number of nitrogens with one attached hydrogen (secondary N) is 3. The highest BCUT2D eigenvalue weighted by atomic mass is 127. The monoisotopic (exact) mass is 806 g/mol. The molecular weight excluding hydrogens is 775 g/mol. The molecule has 1 aliphatic rings. The molecule has 0 bridgehead atoms.